The molecule has 0 aliphatic carbocycles. The van der Waals surface area contributed by atoms with Gasteiger partial charge in [-0.25, -0.2) is 8.42 Å². The van der Waals surface area contributed by atoms with E-state index in [1.54, 1.807) is 0 Å². The number of sulfonamides is 1. The molecule has 1 fully saturated rings. The van der Waals surface area contributed by atoms with Crippen LogP contribution in [0.15, 0.2) is 23.1 Å². The van der Waals surface area contributed by atoms with Gasteiger partial charge in [0.2, 0.25) is 10.0 Å². The number of piperazine rings is 1. The second-order valence-electron chi connectivity index (χ2n) is 5.33. The van der Waals surface area contributed by atoms with Crippen molar-refractivity contribution in [1.29, 1.82) is 0 Å². The average molecular weight is 329 g/mol. The van der Waals surface area contributed by atoms with Crippen LogP contribution in [0.25, 0.3) is 0 Å². The van der Waals surface area contributed by atoms with E-state index in [4.69, 9.17) is 0 Å². The van der Waals surface area contributed by atoms with Gasteiger partial charge in [0.25, 0.3) is 5.69 Å². The fourth-order valence-corrected chi connectivity index (χ4v) is 3.88. The molecule has 0 saturated carbocycles. The molecule has 0 atom stereocenters. The van der Waals surface area contributed by atoms with Crippen LogP contribution >= 0.6 is 0 Å². The Labute approximate surface area is 129 Å². The van der Waals surface area contributed by atoms with E-state index in [0.717, 1.165) is 19.2 Å². The van der Waals surface area contributed by atoms with Gasteiger partial charge in [0.05, 0.1) is 43.0 Å². The third-order valence-corrected chi connectivity index (χ3v) is 5.64. The maximum atomic E-state index is 12.6. The lowest BCUT2D eigenvalue weighted by atomic mass is 10.2. The largest absolute Gasteiger partial charge is 0.380 e. The fourth-order valence-electron chi connectivity index (χ4n) is 2.42. The number of nitrogens with one attached hydrogen (secondary N) is 2. The number of anilines is 1. The predicted octanol–water partition coefficient (Wildman–Crippen LogP) is -0.454. The zero-order valence-corrected chi connectivity index (χ0v) is 13.5. The van der Waals surface area contributed by atoms with Gasteiger partial charge in [-0.05, 0) is 19.1 Å². The van der Waals surface area contributed by atoms with Crippen molar-refractivity contribution in [3.8, 4) is 0 Å². The molecule has 22 heavy (non-hydrogen) atoms. The standard InChI is InChI=1S/C13H20N4O4S/c1-3-14-12-5-4-11(10-13(12)17(18)19)22(20,21)16-8-6-15(2)7-9-16/h4-5,10,14H,3,6-9H2,1-2H3/p+1. The monoisotopic (exact) mass is 329 g/mol. The highest BCUT2D eigenvalue weighted by Crippen LogP contribution is 2.28. The molecule has 0 amide bonds. The van der Waals surface area contributed by atoms with Crippen molar-refractivity contribution >= 4 is 21.4 Å². The lowest BCUT2D eigenvalue weighted by Gasteiger charge is -2.29. The molecule has 1 saturated heterocycles. The summed E-state index contributed by atoms with van der Waals surface area (Å²) < 4.78 is 26.6. The molecule has 1 aromatic rings. The van der Waals surface area contributed by atoms with E-state index in [9.17, 15) is 18.5 Å². The van der Waals surface area contributed by atoms with Crippen molar-refractivity contribution in [2.24, 2.45) is 0 Å². The Balaban J connectivity index is 2.35. The molecule has 1 aliphatic rings. The quantitative estimate of drug-likeness (QED) is 0.563. The number of hydrogen-bond donors (Lipinski definition) is 2. The summed E-state index contributed by atoms with van der Waals surface area (Å²) in [5.74, 6) is 0. The molecule has 2 rings (SSSR count). The van der Waals surface area contributed by atoms with Crippen molar-refractivity contribution in [2.75, 3.05) is 45.1 Å². The van der Waals surface area contributed by atoms with Crippen molar-refractivity contribution < 1.29 is 18.2 Å². The van der Waals surface area contributed by atoms with Crippen molar-refractivity contribution in [1.82, 2.24) is 4.31 Å². The molecule has 0 spiro atoms. The Hall–Kier alpha value is -1.71. The summed E-state index contributed by atoms with van der Waals surface area (Å²) in [4.78, 5) is 11.8. The molecule has 122 valence electrons. The zero-order valence-electron chi connectivity index (χ0n) is 12.7. The van der Waals surface area contributed by atoms with E-state index in [1.165, 1.54) is 21.3 Å². The van der Waals surface area contributed by atoms with E-state index < -0.39 is 14.9 Å². The minimum Gasteiger partial charge on any atom is -0.380 e. The molecule has 2 N–H and O–H groups in total. The van der Waals surface area contributed by atoms with E-state index >= 15 is 0 Å². The molecule has 1 aromatic carbocycles. The highest BCUT2D eigenvalue weighted by molar-refractivity contribution is 7.89. The van der Waals surface area contributed by atoms with Gasteiger partial charge in [-0.2, -0.15) is 4.31 Å². The van der Waals surface area contributed by atoms with Gasteiger partial charge in [0, 0.05) is 12.6 Å². The molecule has 0 bridgehead atoms. The summed E-state index contributed by atoms with van der Waals surface area (Å²) in [6, 6.07) is 4.01. The maximum absolute atomic E-state index is 12.6. The van der Waals surface area contributed by atoms with Crippen LogP contribution in [0, 0.1) is 10.1 Å². The van der Waals surface area contributed by atoms with Gasteiger partial charge in [-0.1, -0.05) is 0 Å². The van der Waals surface area contributed by atoms with E-state index in [-0.39, 0.29) is 10.6 Å². The Bertz CT molecular complexity index is 654. The van der Waals surface area contributed by atoms with Gasteiger partial charge in [0.15, 0.2) is 0 Å². The SMILES string of the molecule is CCNc1ccc(S(=O)(=O)N2CC[NH+](C)CC2)cc1[N+](=O)[O-]. The van der Waals surface area contributed by atoms with Crippen molar-refractivity contribution in [3.63, 3.8) is 0 Å². The van der Waals surface area contributed by atoms with Crippen molar-refractivity contribution in [3.05, 3.63) is 28.3 Å². The van der Waals surface area contributed by atoms with Crippen LogP contribution in [-0.2, 0) is 10.0 Å². The molecule has 8 nitrogen and oxygen atoms in total. The minimum absolute atomic E-state index is 0.0274. The second-order valence-corrected chi connectivity index (χ2v) is 7.27. The van der Waals surface area contributed by atoms with Crippen LogP contribution in [0.1, 0.15) is 6.92 Å². The van der Waals surface area contributed by atoms with Crippen LogP contribution in [-0.4, -0.2) is 57.4 Å². The Kier molecular flexibility index (Phi) is 4.99. The van der Waals surface area contributed by atoms with Crippen LogP contribution in [0.2, 0.25) is 0 Å². The lowest BCUT2D eigenvalue weighted by Crippen LogP contribution is -3.12. The highest BCUT2D eigenvalue weighted by Gasteiger charge is 2.30. The van der Waals surface area contributed by atoms with Gasteiger partial charge in [0.1, 0.15) is 5.69 Å². The summed E-state index contributed by atoms with van der Waals surface area (Å²) in [6.45, 7) is 4.66. The molecular formula is C13H21N4O4S+. The first-order valence-electron chi connectivity index (χ1n) is 7.20. The second kappa shape index (κ2) is 6.59. The summed E-state index contributed by atoms with van der Waals surface area (Å²) >= 11 is 0. The molecule has 9 heteroatoms. The topological polar surface area (TPSA) is 97.0 Å². The first kappa shape index (κ1) is 16.7. The van der Waals surface area contributed by atoms with E-state index in [1.807, 2.05) is 14.0 Å². The molecule has 0 unspecified atom stereocenters. The van der Waals surface area contributed by atoms with Gasteiger partial charge >= 0.3 is 0 Å². The summed E-state index contributed by atoms with van der Waals surface area (Å²) in [5.41, 5.74) is 0.108. The summed E-state index contributed by atoms with van der Waals surface area (Å²) in [5, 5.41) is 14.0. The normalized spacial score (nSPS) is 17.4. The molecule has 1 heterocycles. The molecule has 1 aliphatic heterocycles. The van der Waals surface area contributed by atoms with Crippen LogP contribution < -0.4 is 10.2 Å². The maximum Gasteiger partial charge on any atom is 0.293 e. The third kappa shape index (κ3) is 3.37. The Morgan fingerprint density at radius 3 is 2.55 bits per heavy atom. The Morgan fingerprint density at radius 1 is 1.36 bits per heavy atom. The highest BCUT2D eigenvalue weighted by atomic mass is 32.2. The number of likely N-dealkylation sites (N-methyl/N-ethyl adjacent to an activating group) is 1. The van der Waals surface area contributed by atoms with Gasteiger partial charge in [-0.15, -0.1) is 0 Å². The van der Waals surface area contributed by atoms with Crippen LogP contribution in [0.5, 0.6) is 0 Å². The lowest BCUT2D eigenvalue weighted by molar-refractivity contribution is -0.883. The number of hydrogen-bond acceptors (Lipinski definition) is 5. The minimum atomic E-state index is -3.69. The third-order valence-electron chi connectivity index (χ3n) is 3.75. The zero-order chi connectivity index (χ0) is 16.3. The molecule has 0 radical (unpaired) electrons. The van der Waals surface area contributed by atoms with Crippen LogP contribution in [0.4, 0.5) is 11.4 Å². The summed E-state index contributed by atoms with van der Waals surface area (Å²) in [6.07, 6.45) is 0. The van der Waals surface area contributed by atoms with Gasteiger partial charge in [-0.3, -0.25) is 10.1 Å². The van der Waals surface area contributed by atoms with E-state index in [0.29, 0.717) is 25.3 Å². The van der Waals surface area contributed by atoms with Crippen LogP contribution in [0.3, 0.4) is 0 Å². The first-order chi connectivity index (χ1) is 10.4. The number of nitro groups is 1. The predicted molar refractivity (Wildman–Crippen MR) is 82.6 cm³/mol. The average Bonchev–Trinajstić information content (AvgIpc) is 2.48. The van der Waals surface area contributed by atoms with Crippen molar-refractivity contribution in [2.45, 2.75) is 11.8 Å². The smallest absolute Gasteiger partial charge is 0.293 e. The molecular weight excluding hydrogens is 308 g/mol. The van der Waals surface area contributed by atoms with Gasteiger partial charge < -0.3 is 10.2 Å². The van der Waals surface area contributed by atoms with E-state index in [2.05, 4.69) is 5.32 Å². The number of benzene rings is 1. The molecule has 0 aromatic heterocycles. The first-order valence-corrected chi connectivity index (χ1v) is 8.64. The fraction of sp³-hybridized carbons (Fsp3) is 0.538. The number of nitro benzene ring substituents is 1. The number of nitrogens with zero attached hydrogens (tertiary/aromatic N) is 2. The number of rotatable bonds is 5. The summed E-state index contributed by atoms with van der Waals surface area (Å²) in [7, 11) is -1.67. The Morgan fingerprint density at radius 2 is 2.00 bits per heavy atom. The number of quaternary nitrogens is 1.